The molecule has 2 amide bonds. The predicted molar refractivity (Wildman–Crippen MR) is 100 cm³/mol. The summed E-state index contributed by atoms with van der Waals surface area (Å²) in [5, 5.41) is 3.26. The van der Waals surface area contributed by atoms with Gasteiger partial charge in [-0.05, 0) is 43.6 Å². The Kier molecular flexibility index (Phi) is 5.46. The van der Waals surface area contributed by atoms with Crippen molar-refractivity contribution in [2.45, 2.75) is 50.2 Å². The average molecular weight is 358 g/mol. The standard InChI is InChI=1S/C21H30N2O3/c24-20(22-19-8-12-26-21(15-19)9-13-25-16-21)23-10-6-18(7-11-23)14-17-4-2-1-3-5-17/h1-5,18-19H,6-16H2,(H,22,24). The van der Waals surface area contributed by atoms with E-state index in [4.69, 9.17) is 9.47 Å². The number of rotatable bonds is 3. The van der Waals surface area contributed by atoms with Crippen molar-refractivity contribution < 1.29 is 14.3 Å². The zero-order valence-electron chi connectivity index (χ0n) is 15.5. The van der Waals surface area contributed by atoms with Crippen LogP contribution in [0.3, 0.4) is 0 Å². The van der Waals surface area contributed by atoms with Gasteiger partial charge in [0.15, 0.2) is 0 Å². The van der Waals surface area contributed by atoms with Crippen LogP contribution in [-0.4, -0.2) is 55.5 Å². The molecule has 2 atom stereocenters. The highest BCUT2D eigenvalue weighted by atomic mass is 16.6. The third-order valence-corrected chi connectivity index (χ3v) is 6.16. The van der Waals surface area contributed by atoms with Gasteiger partial charge in [-0.2, -0.15) is 0 Å². The van der Waals surface area contributed by atoms with Crippen LogP contribution in [0.15, 0.2) is 30.3 Å². The molecular formula is C21H30N2O3. The fraction of sp³-hybridized carbons (Fsp3) is 0.667. The van der Waals surface area contributed by atoms with Gasteiger partial charge in [0.2, 0.25) is 0 Å². The summed E-state index contributed by atoms with van der Waals surface area (Å²) in [6, 6.07) is 11.0. The summed E-state index contributed by atoms with van der Waals surface area (Å²) in [5.41, 5.74) is 1.25. The van der Waals surface area contributed by atoms with Crippen LogP contribution in [0.2, 0.25) is 0 Å². The quantitative estimate of drug-likeness (QED) is 0.904. The van der Waals surface area contributed by atoms with Crippen molar-refractivity contribution in [2.75, 3.05) is 32.9 Å². The molecule has 3 heterocycles. The van der Waals surface area contributed by atoms with Crippen molar-refractivity contribution in [2.24, 2.45) is 5.92 Å². The average Bonchev–Trinajstić information content (AvgIpc) is 3.10. The number of urea groups is 1. The normalized spacial score (nSPS) is 29.8. The molecule has 1 N–H and O–H groups in total. The molecule has 4 rings (SSSR count). The van der Waals surface area contributed by atoms with Crippen LogP contribution in [0.5, 0.6) is 0 Å². The molecule has 26 heavy (non-hydrogen) atoms. The first-order valence-corrected chi connectivity index (χ1v) is 10.0. The lowest BCUT2D eigenvalue weighted by molar-refractivity contribution is -0.0882. The van der Waals surface area contributed by atoms with E-state index in [1.54, 1.807) is 0 Å². The fourth-order valence-corrected chi connectivity index (χ4v) is 4.57. The maximum absolute atomic E-state index is 12.7. The monoisotopic (exact) mass is 358 g/mol. The molecule has 5 heteroatoms. The SMILES string of the molecule is O=C(NC1CCOC2(CCOC2)C1)N1CCC(Cc2ccccc2)CC1. The van der Waals surface area contributed by atoms with Gasteiger partial charge in [-0.25, -0.2) is 4.79 Å². The molecule has 0 saturated carbocycles. The van der Waals surface area contributed by atoms with Gasteiger partial charge in [-0.1, -0.05) is 30.3 Å². The summed E-state index contributed by atoms with van der Waals surface area (Å²) < 4.78 is 11.5. The number of ether oxygens (including phenoxy) is 2. The molecule has 1 spiro atoms. The van der Waals surface area contributed by atoms with Crippen molar-refractivity contribution in [3.8, 4) is 0 Å². The van der Waals surface area contributed by atoms with Crippen LogP contribution in [-0.2, 0) is 15.9 Å². The van der Waals surface area contributed by atoms with Gasteiger partial charge in [0, 0.05) is 38.8 Å². The maximum atomic E-state index is 12.7. The molecular weight excluding hydrogens is 328 g/mol. The molecule has 0 radical (unpaired) electrons. The Bertz CT molecular complexity index is 593. The highest BCUT2D eigenvalue weighted by Gasteiger charge is 2.41. The zero-order valence-corrected chi connectivity index (χ0v) is 15.5. The van der Waals surface area contributed by atoms with E-state index < -0.39 is 0 Å². The van der Waals surface area contributed by atoms with Crippen LogP contribution in [0, 0.1) is 5.92 Å². The topological polar surface area (TPSA) is 50.8 Å². The minimum atomic E-state index is -0.154. The van der Waals surface area contributed by atoms with Crippen LogP contribution >= 0.6 is 0 Å². The van der Waals surface area contributed by atoms with Gasteiger partial charge in [0.05, 0.1) is 12.2 Å². The van der Waals surface area contributed by atoms with E-state index in [9.17, 15) is 4.79 Å². The van der Waals surface area contributed by atoms with E-state index in [0.29, 0.717) is 19.1 Å². The Morgan fingerprint density at radius 2 is 1.96 bits per heavy atom. The Labute approximate surface area is 156 Å². The minimum absolute atomic E-state index is 0.101. The van der Waals surface area contributed by atoms with Gasteiger partial charge in [-0.3, -0.25) is 0 Å². The number of likely N-dealkylation sites (tertiary alicyclic amines) is 1. The number of nitrogens with zero attached hydrogens (tertiary/aromatic N) is 1. The molecule has 1 aromatic carbocycles. The minimum Gasteiger partial charge on any atom is -0.378 e. The lowest BCUT2D eigenvalue weighted by Gasteiger charge is -2.39. The highest BCUT2D eigenvalue weighted by molar-refractivity contribution is 5.74. The first-order chi connectivity index (χ1) is 12.7. The predicted octanol–water partition coefficient (Wildman–Crippen LogP) is 2.99. The maximum Gasteiger partial charge on any atom is 0.317 e. The second-order valence-electron chi connectivity index (χ2n) is 8.09. The third-order valence-electron chi connectivity index (χ3n) is 6.16. The summed E-state index contributed by atoms with van der Waals surface area (Å²) in [6.07, 6.45) is 6.03. The molecule has 1 aromatic rings. The number of amides is 2. The number of carbonyl (C=O) groups excluding carboxylic acids is 1. The van der Waals surface area contributed by atoms with E-state index in [2.05, 4.69) is 35.6 Å². The molecule has 142 valence electrons. The molecule has 0 aliphatic carbocycles. The first kappa shape index (κ1) is 17.8. The lowest BCUT2D eigenvalue weighted by Crippen LogP contribution is -2.53. The Balaban J connectivity index is 1.23. The van der Waals surface area contributed by atoms with Gasteiger partial charge >= 0.3 is 6.03 Å². The summed E-state index contributed by atoms with van der Waals surface area (Å²) in [5.74, 6) is 0.684. The van der Waals surface area contributed by atoms with Crippen molar-refractivity contribution in [1.29, 1.82) is 0 Å². The van der Waals surface area contributed by atoms with E-state index in [1.165, 1.54) is 5.56 Å². The second kappa shape index (κ2) is 7.97. The van der Waals surface area contributed by atoms with Crippen molar-refractivity contribution in [1.82, 2.24) is 10.2 Å². The second-order valence-corrected chi connectivity index (χ2v) is 8.09. The van der Waals surface area contributed by atoms with Gasteiger partial charge in [0.25, 0.3) is 0 Å². The Morgan fingerprint density at radius 1 is 1.15 bits per heavy atom. The number of piperidine rings is 1. The summed E-state index contributed by atoms with van der Waals surface area (Å²) in [6.45, 7) is 3.88. The van der Waals surface area contributed by atoms with Crippen LogP contribution < -0.4 is 5.32 Å². The fourth-order valence-electron chi connectivity index (χ4n) is 4.57. The molecule has 2 unspecified atom stereocenters. The molecule has 0 aromatic heterocycles. The first-order valence-electron chi connectivity index (χ1n) is 10.0. The van der Waals surface area contributed by atoms with E-state index in [0.717, 1.165) is 58.2 Å². The highest BCUT2D eigenvalue weighted by Crippen LogP contribution is 2.33. The van der Waals surface area contributed by atoms with Gasteiger partial charge in [-0.15, -0.1) is 0 Å². The molecule has 0 bridgehead atoms. The Hall–Kier alpha value is -1.59. The molecule has 3 aliphatic rings. The van der Waals surface area contributed by atoms with E-state index in [-0.39, 0.29) is 17.7 Å². The largest absolute Gasteiger partial charge is 0.378 e. The van der Waals surface area contributed by atoms with Crippen molar-refractivity contribution in [3.05, 3.63) is 35.9 Å². The smallest absolute Gasteiger partial charge is 0.317 e. The van der Waals surface area contributed by atoms with Crippen LogP contribution in [0.25, 0.3) is 0 Å². The lowest BCUT2D eigenvalue weighted by atomic mass is 9.89. The molecule has 5 nitrogen and oxygen atoms in total. The van der Waals surface area contributed by atoms with E-state index >= 15 is 0 Å². The van der Waals surface area contributed by atoms with Gasteiger partial charge in [0.1, 0.15) is 0 Å². The Morgan fingerprint density at radius 3 is 2.69 bits per heavy atom. The van der Waals surface area contributed by atoms with Crippen LogP contribution in [0.1, 0.15) is 37.7 Å². The molecule has 3 aliphatic heterocycles. The van der Waals surface area contributed by atoms with Gasteiger partial charge < -0.3 is 19.7 Å². The number of carbonyl (C=O) groups is 1. The van der Waals surface area contributed by atoms with E-state index in [1.807, 2.05) is 4.90 Å². The number of benzene rings is 1. The summed E-state index contributed by atoms with van der Waals surface area (Å²) in [4.78, 5) is 14.7. The molecule has 3 saturated heterocycles. The van der Waals surface area contributed by atoms with Crippen molar-refractivity contribution >= 4 is 6.03 Å². The van der Waals surface area contributed by atoms with Crippen molar-refractivity contribution in [3.63, 3.8) is 0 Å². The molecule has 3 fully saturated rings. The summed E-state index contributed by atoms with van der Waals surface area (Å²) in [7, 11) is 0. The number of hydrogen-bond acceptors (Lipinski definition) is 3. The third kappa shape index (κ3) is 4.21. The number of hydrogen-bond donors (Lipinski definition) is 1. The summed E-state index contributed by atoms with van der Waals surface area (Å²) >= 11 is 0. The number of nitrogens with one attached hydrogen (secondary N) is 1. The zero-order chi connectivity index (χ0) is 17.8. The van der Waals surface area contributed by atoms with Crippen LogP contribution in [0.4, 0.5) is 4.79 Å².